The molecular formula is C20H19N3O4. The van der Waals surface area contributed by atoms with E-state index in [1.54, 1.807) is 24.4 Å². The monoisotopic (exact) mass is 365 g/mol. The third-order valence-corrected chi connectivity index (χ3v) is 4.09. The van der Waals surface area contributed by atoms with Crippen LogP contribution >= 0.6 is 0 Å². The molecule has 7 heteroatoms. The fraction of sp³-hybridized carbons (Fsp3) is 0.200. The van der Waals surface area contributed by atoms with Gasteiger partial charge in [-0.25, -0.2) is 9.78 Å². The third kappa shape index (κ3) is 4.38. The number of para-hydroxylation sites is 1. The van der Waals surface area contributed by atoms with Crippen LogP contribution in [0.25, 0.3) is 10.9 Å². The first kappa shape index (κ1) is 18.3. The molecule has 1 amide bonds. The van der Waals surface area contributed by atoms with Gasteiger partial charge >= 0.3 is 5.97 Å². The molecule has 0 saturated carbocycles. The maximum Gasteiger partial charge on any atom is 0.328 e. The van der Waals surface area contributed by atoms with Gasteiger partial charge in [0.25, 0.3) is 5.91 Å². The van der Waals surface area contributed by atoms with Crippen molar-refractivity contribution in [3.05, 3.63) is 66.0 Å². The largest absolute Gasteiger partial charge is 0.481 e. The molecule has 27 heavy (non-hydrogen) atoms. The lowest BCUT2D eigenvalue weighted by molar-refractivity contribution is -0.142. The highest BCUT2D eigenvalue weighted by Gasteiger charge is 2.23. The number of methoxy groups -OCH3 is 2. The fourth-order valence-electron chi connectivity index (χ4n) is 2.66. The van der Waals surface area contributed by atoms with Crippen LogP contribution in [-0.4, -0.2) is 42.1 Å². The third-order valence-electron chi connectivity index (χ3n) is 4.09. The minimum atomic E-state index is -0.843. The van der Waals surface area contributed by atoms with Crippen LogP contribution in [-0.2, 0) is 16.0 Å². The van der Waals surface area contributed by atoms with Crippen LogP contribution in [0.3, 0.4) is 0 Å². The highest BCUT2D eigenvalue weighted by atomic mass is 16.5. The molecule has 2 heterocycles. The molecule has 138 valence electrons. The van der Waals surface area contributed by atoms with Gasteiger partial charge in [-0.15, -0.1) is 0 Å². The van der Waals surface area contributed by atoms with Crippen LogP contribution < -0.4 is 10.1 Å². The summed E-state index contributed by atoms with van der Waals surface area (Å²) in [4.78, 5) is 33.1. The average Bonchev–Trinajstić information content (AvgIpc) is 2.72. The molecule has 3 aromatic rings. The minimum Gasteiger partial charge on any atom is -0.481 e. The minimum absolute atomic E-state index is 0.246. The number of aromatic nitrogens is 2. The fourth-order valence-corrected chi connectivity index (χ4v) is 2.66. The standard InChI is InChI=1S/C20H19N3O4/c1-26-18-8-7-13(11-22-18)9-17(20(25)27-2)23-19(24)15-10-14-5-3-4-6-16(14)21-12-15/h3-8,10-12,17H,9H2,1-2H3,(H,23,24)/t17-/m1/s1. The Balaban J connectivity index is 1.77. The summed E-state index contributed by atoms with van der Waals surface area (Å²) in [7, 11) is 2.81. The van der Waals surface area contributed by atoms with E-state index in [0.717, 1.165) is 16.5 Å². The molecule has 0 radical (unpaired) electrons. The lowest BCUT2D eigenvalue weighted by Crippen LogP contribution is -2.43. The first-order valence-corrected chi connectivity index (χ1v) is 8.33. The van der Waals surface area contributed by atoms with Gasteiger partial charge in [0, 0.05) is 30.3 Å². The second kappa shape index (κ2) is 8.27. The van der Waals surface area contributed by atoms with E-state index in [0.29, 0.717) is 11.4 Å². The maximum absolute atomic E-state index is 12.6. The molecule has 0 aliphatic rings. The number of pyridine rings is 2. The van der Waals surface area contributed by atoms with Crippen molar-refractivity contribution in [2.24, 2.45) is 0 Å². The number of nitrogens with zero attached hydrogens (tertiary/aromatic N) is 2. The number of carbonyl (C=O) groups is 2. The summed E-state index contributed by atoms with van der Waals surface area (Å²) in [6.45, 7) is 0. The van der Waals surface area contributed by atoms with Crippen LogP contribution in [0.5, 0.6) is 5.88 Å². The van der Waals surface area contributed by atoms with Crippen molar-refractivity contribution in [3.8, 4) is 5.88 Å². The van der Waals surface area contributed by atoms with Crippen LogP contribution in [0.2, 0.25) is 0 Å². The van der Waals surface area contributed by atoms with E-state index in [9.17, 15) is 9.59 Å². The Morgan fingerprint density at radius 1 is 1.07 bits per heavy atom. The molecule has 0 fully saturated rings. The smallest absolute Gasteiger partial charge is 0.328 e. The van der Waals surface area contributed by atoms with E-state index in [2.05, 4.69) is 15.3 Å². The van der Waals surface area contributed by atoms with Crippen molar-refractivity contribution >= 4 is 22.8 Å². The Morgan fingerprint density at radius 2 is 1.89 bits per heavy atom. The summed E-state index contributed by atoms with van der Waals surface area (Å²) in [5.41, 5.74) is 1.93. The van der Waals surface area contributed by atoms with Crippen molar-refractivity contribution in [3.63, 3.8) is 0 Å². The molecule has 1 aromatic carbocycles. The molecule has 0 unspecified atom stereocenters. The van der Waals surface area contributed by atoms with Crippen molar-refractivity contribution in [2.75, 3.05) is 14.2 Å². The molecule has 0 aliphatic heterocycles. The number of fused-ring (bicyclic) bond motifs is 1. The summed E-state index contributed by atoms with van der Waals surface area (Å²) < 4.78 is 9.84. The topological polar surface area (TPSA) is 90.4 Å². The van der Waals surface area contributed by atoms with Crippen molar-refractivity contribution in [1.29, 1.82) is 0 Å². The Labute approximate surface area is 156 Å². The summed E-state index contributed by atoms with van der Waals surface area (Å²) in [6.07, 6.45) is 3.33. The Hall–Kier alpha value is -3.48. The normalized spacial score (nSPS) is 11.6. The van der Waals surface area contributed by atoms with Gasteiger partial charge in [0.2, 0.25) is 5.88 Å². The summed E-state index contributed by atoms with van der Waals surface area (Å²) >= 11 is 0. The summed E-state index contributed by atoms with van der Waals surface area (Å²) in [6, 6.07) is 11.9. The first-order chi connectivity index (χ1) is 13.1. The van der Waals surface area contributed by atoms with E-state index >= 15 is 0 Å². The van der Waals surface area contributed by atoms with Crippen LogP contribution in [0.1, 0.15) is 15.9 Å². The maximum atomic E-state index is 12.6. The quantitative estimate of drug-likeness (QED) is 0.673. The van der Waals surface area contributed by atoms with Crippen molar-refractivity contribution < 1.29 is 19.1 Å². The van der Waals surface area contributed by atoms with Gasteiger partial charge < -0.3 is 14.8 Å². The number of ether oxygens (including phenoxy) is 2. The van der Waals surface area contributed by atoms with Gasteiger partial charge in [-0.1, -0.05) is 24.3 Å². The zero-order chi connectivity index (χ0) is 19.2. The Bertz CT molecular complexity index is 957. The Morgan fingerprint density at radius 3 is 2.59 bits per heavy atom. The summed E-state index contributed by atoms with van der Waals surface area (Å²) in [5, 5.41) is 3.56. The van der Waals surface area contributed by atoms with E-state index in [1.165, 1.54) is 20.4 Å². The number of nitrogens with one attached hydrogen (secondary N) is 1. The lowest BCUT2D eigenvalue weighted by atomic mass is 10.1. The zero-order valence-corrected chi connectivity index (χ0v) is 15.0. The lowest BCUT2D eigenvalue weighted by Gasteiger charge is -2.16. The molecule has 1 N–H and O–H groups in total. The van der Waals surface area contributed by atoms with Crippen molar-refractivity contribution in [1.82, 2.24) is 15.3 Å². The van der Waals surface area contributed by atoms with Gasteiger partial charge in [0.15, 0.2) is 0 Å². The predicted molar refractivity (Wildman–Crippen MR) is 99.5 cm³/mol. The number of benzene rings is 1. The molecule has 2 aromatic heterocycles. The number of esters is 1. The number of hydrogen-bond donors (Lipinski definition) is 1. The summed E-state index contributed by atoms with van der Waals surface area (Å²) in [5.74, 6) is -0.460. The molecule has 3 rings (SSSR count). The molecule has 1 atom stereocenters. The second-order valence-electron chi connectivity index (χ2n) is 5.88. The van der Waals surface area contributed by atoms with Crippen LogP contribution in [0.15, 0.2) is 54.9 Å². The molecule has 0 spiro atoms. The molecule has 0 saturated heterocycles. The number of amides is 1. The molecular weight excluding hydrogens is 346 g/mol. The van der Waals surface area contributed by atoms with Gasteiger partial charge in [0.05, 0.1) is 25.3 Å². The highest BCUT2D eigenvalue weighted by molar-refractivity contribution is 5.99. The van der Waals surface area contributed by atoms with Gasteiger partial charge in [-0.05, 0) is 17.7 Å². The van der Waals surface area contributed by atoms with Crippen LogP contribution in [0.4, 0.5) is 0 Å². The number of rotatable bonds is 6. The van der Waals surface area contributed by atoms with Gasteiger partial charge in [0.1, 0.15) is 6.04 Å². The molecule has 0 aliphatic carbocycles. The van der Waals surface area contributed by atoms with Gasteiger partial charge in [-0.2, -0.15) is 0 Å². The molecule has 0 bridgehead atoms. The van der Waals surface area contributed by atoms with E-state index < -0.39 is 17.9 Å². The van der Waals surface area contributed by atoms with Crippen molar-refractivity contribution in [2.45, 2.75) is 12.5 Å². The van der Waals surface area contributed by atoms with E-state index in [4.69, 9.17) is 9.47 Å². The molecule has 7 nitrogen and oxygen atoms in total. The SMILES string of the molecule is COC(=O)[C@@H](Cc1ccc(OC)nc1)NC(=O)c1cnc2ccccc2c1. The highest BCUT2D eigenvalue weighted by Crippen LogP contribution is 2.14. The van der Waals surface area contributed by atoms with E-state index in [1.807, 2.05) is 24.3 Å². The Kier molecular flexibility index (Phi) is 5.61. The van der Waals surface area contributed by atoms with E-state index in [-0.39, 0.29) is 6.42 Å². The first-order valence-electron chi connectivity index (χ1n) is 8.33. The van der Waals surface area contributed by atoms with Gasteiger partial charge in [-0.3, -0.25) is 9.78 Å². The zero-order valence-electron chi connectivity index (χ0n) is 15.0. The predicted octanol–water partition coefficient (Wildman–Crippen LogP) is 2.15. The van der Waals surface area contributed by atoms with Crippen LogP contribution in [0, 0.1) is 0 Å². The average molecular weight is 365 g/mol. The second-order valence-corrected chi connectivity index (χ2v) is 5.88. The number of carbonyl (C=O) groups excluding carboxylic acids is 2. The number of hydrogen-bond acceptors (Lipinski definition) is 6.